The molecule has 5 heteroatoms. The Balaban J connectivity index is 2.25. The molecule has 18 heavy (non-hydrogen) atoms. The van der Waals surface area contributed by atoms with E-state index in [4.69, 9.17) is 17.3 Å². The number of nitrogens with two attached hydrogens (primary N) is 1. The van der Waals surface area contributed by atoms with E-state index in [0.29, 0.717) is 11.6 Å². The number of hydrogen-bond donors (Lipinski definition) is 2. The molecule has 1 saturated heterocycles. The average molecular weight is 268 g/mol. The molecule has 0 spiro atoms. The highest BCUT2D eigenvalue weighted by Crippen LogP contribution is 2.25. The molecule has 1 aromatic rings. The number of hydrogen-bond acceptors (Lipinski definition) is 3. The summed E-state index contributed by atoms with van der Waals surface area (Å²) in [5.41, 5.74) is 6.74. The first-order valence-corrected chi connectivity index (χ1v) is 6.49. The molecular formula is C13H18ClN3O. The fourth-order valence-corrected chi connectivity index (χ4v) is 2.44. The first-order valence-electron chi connectivity index (χ1n) is 6.12. The van der Waals surface area contributed by atoms with Gasteiger partial charge in [0.2, 0.25) is 5.91 Å². The number of benzene rings is 1. The molecule has 2 rings (SSSR count). The second-order valence-corrected chi connectivity index (χ2v) is 5.03. The smallest absolute Gasteiger partial charge is 0.239 e. The Morgan fingerprint density at radius 1 is 1.61 bits per heavy atom. The summed E-state index contributed by atoms with van der Waals surface area (Å²) < 4.78 is 0. The van der Waals surface area contributed by atoms with Gasteiger partial charge in [-0.15, -0.1) is 0 Å². The Morgan fingerprint density at radius 2 is 2.39 bits per heavy atom. The molecule has 0 aromatic heterocycles. The van der Waals surface area contributed by atoms with Gasteiger partial charge in [0.05, 0.1) is 12.1 Å². The van der Waals surface area contributed by atoms with Crippen LogP contribution < -0.4 is 11.1 Å². The minimum absolute atomic E-state index is 0.0101. The van der Waals surface area contributed by atoms with E-state index in [1.165, 1.54) is 0 Å². The van der Waals surface area contributed by atoms with E-state index in [-0.39, 0.29) is 11.9 Å². The van der Waals surface area contributed by atoms with Gasteiger partial charge in [0, 0.05) is 24.7 Å². The largest absolute Gasteiger partial charge is 0.332 e. The summed E-state index contributed by atoms with van der Waals surface area (Å²) in [7, 11) is 0. The van der Waals surface area contributed by atoms with Gasteiger partial charge >= 0.3 is 0 Å². The Morgan fingerprint density at radius 3 is 3.06 bits per heavy atom. The second-order valence-electron chi connectivity index (χ2n) is 4.60. The lowest BCUT2D eigenvalue weighted by Gasteiger charge is -2.37. The van der Waals surface area contributed by atoms with Crippen molar-refractivity contribution in [2.45, 2.75) is 19.0 Å². The predicted octanol–water partition coefficient (Wildman–Crippen LogP) is 1.16. The number of carbonyl (C=O) groups is 1. The van der Waals surface area contributed by atoms with E-state index in [9.17, 15) is 4.79 Å². The first kappa shape index (κ1) is 13.3. The molecule has 3 N–H and O–H groups in total. The number of nitrogens with one attached hydrogen (secondary N) is 1. The van der Waals surface area contributed by atoms with Crippen LogP contribution in [0.15, 0.2) is 24.3 Å². The lowest BCUT2D eigenvalue weighted by molar-refractivity contribution is -0.135. The molecule has 1 aliphatic rings. The number of carbonyl (C=O) groups excluding carboxylic acids is 1. The van der Waals surface area contributed by atoms with Crippen molar-refractivity contribution in [2.75, 3.05) is 19.6 Å². The molecule has 4 nitrogen and oxygen atoms in total. The van der Waals surface area contributed by atoms with Gasteiger partial charge in [-0.1, -0.05) is 23.7 Å². The minimum Gasteiger partial charge on any atom is -0.332 e. The van der Waals surface area contributed by atoms with Crippen molar-refractivity contribution in [1.82, 2.24) is 10.2 Å². The van der Waals surface area contributed by atoms with Gasteiger partial charge in [-0.25, -0.2) is 0 Å². The van der Waals surface area contributed by atoms with Crippen LogP contribution in [0.5, 0.6) is 0 Å². The second kappa shape index (κ2) is 5.69. The fourth-order valence-electron chi connectivity index (χ4n) is 2.24. The zero-order chi connectivity index (χ0) is 13.1. The van der Waals surface area contributed by atoms with Gasteiger partial charge in [-0.3, -0.25) is 4.79 Å². The molecule has 1 fully saturated rings. The minimum atomic E-state index is -0.468. The van der Waals surface area contributed by atoms with Gasteiger partial charge < -0.3 is 16.0 Å². The van der Waals surface area contributed by atoms with Crippen LogP contribution in [-0.2, 0) is 4.79 Å². The molecule has 2 atom stereocenters. The third-order valence-corrected chi connectivity index (χ3v) is 3.38. The monoisotopic (exact) mass is 267 g/mol. The molecular weight excluding hydrogens is 250 g/mol. The van der Waals surface area contributed by atoms with E-state index in [2.05, 4.69) is 5.32 Å². The topological polar surface area (TPSA) is 58.4 Å². The summed E-state index contributed by atoms with van der Waals surface area (Å²) in [6.45, 7) is 3.94. The number of nitrogens with zero attached hydrogens (tertiary/aromatic N) is 1. The molecule has 1 unspecified atom stereocenters. The van der Waals surface area contributed by atoms with E-state index in [1.54, 1.807) is 6.92 Å². The Hall–Kier alpha value is -1.10. The summed E-state index contributed by atoms with van der Waals surface area (Å²) in [5.74, 6) is -0.0125. The number of amides is 1. The van der Waals surface area contributed by atoms with Crippen molar-refractivity contribution in [3.8, 4) is 0 Å². The SMILES string of the molecule is C[C@@H](N)C(=O)N1CCNCC1c1cccc(Cl)c1. The maximum atomic E-state index is 12.1. The van der Waals surface area contributed by atoms with Crippen LogP contribution in [0.1, 0.15) is 18.5 Å². The number of rotatable bonds is 2. The normalized spacial score (nSPS) is 21.7. The highest BCUT2D eigenvalue weighted by molar-refractivity contribution is 6.30. The van der Waals surface area contributed by atoms with E-state index >= 15 is 0 Å². The van der Waals surface area contributed by atoms with Crippen LogP contribution in [0.2, 0.25) is 5.02 Å². The zero-order valence-electron chi connectivity index (χ0n) is 10.4. The Bertz CT molecular complexity index is 436. The molecule has 1 aromatic carbocycles. The van der Waals surface area contributed by atoms with Crippen LogP contribution in [-0.4, -0.2) is 36.5 Å². The first-order chi connectivity index (χ1) is 8.59. The van der Waals surface area contributed by atoms with Crippen molar-refractivity contribution < 1.29 is 4.79 Å². The summed E-state index contributed by atoms with van der Waals surface area (Å²) in [6, 6.07) is 7.17. The van der Waals surface area contributed by atoms with Crippen molar-refractivity contribution in [3.05, 3.63) is 34.9 Å². The van der Waals surface area contributed by atoms with E-state index in [1.807, 2.05) is 29.2 Å². The summed E-state index contributed by atoms with van der Waals surface area (Å²) in [4.78, 5) is 13.9. The third-order valence-electron chi connectivity index (χ3n) is 3.15. The number of piperazine rings is 1. The predicted molar refractivity (Wildman–Crippen MR) is 72.4 cm³/mol. The van der Waals surface area contributed by atoms with Crippen LogP contribution in [0.25, 0.3) is 0 Å². The molecule has 0 radical (unpaired) electrons. The van der Waals surface area contributed by atoms with Crippen LogP contribution in [0, 0.1) is 0 Å². The summed E-state index contributed by atoms with van der Waals surface area (Å²) in [5, 5.41) is 3.99. The van der Waals surface area contributed by atoms with Crippen LogP contribution in [0.4, 0.5) is 0 Å². The zero-order valence-corrected chi connectivity index (χ0v) is 11.2. The standard InChI is InChI=1S/C13H18ClN3O/c1-9(15)13(18)17-6-5-16-8-12(17)10-3-2-4-11(14)7-10/h2-4,7,9,12,16H,5-6,8,15H2,1H3/t9-,12?/m1/s1. The summed E-state index contributed by atoms with van der Waals surface area (Å²) >= 11 is 6.01. The highest BCUT2D eigenvalue weighted by Gasteiger charge is 2.29. The van der Waals surface area contributed by atoms with E-state index in [0.717, 1.165) is 18.7 Å². The molecule has 98 valence electrons. The Labute approximate surface area is 112 Å². The van der Waals surface area contributed by atoms with Gasteiger partial charge in [-0.2, -0.15) is 0 Å². The third kappa shape index (κ3) is 2.83. The van der Waals surface area contributed by atoms with Gasteiger partial charge in [0.1, 0.15) is 0 Å². The average Bonchev–Trinajstić information content (AvgIpc) is 2.38. The van der Waals surface area contributed by atoms with Gasteiger partial charge in [0.25, 0.3) is 0 Å². The number of halogens is 1. The Kier molecular flexibility index (Phi) is 4.22. The molecule has 0 aliphatic carbocycles. The van der Waals surface area contributed by atoms with Gasteiger partial charge in [-0.05, 0) is 24.6 Å². The lowest BCUT2D eigenvalue weighted by atomic mass is 10.0. The van der Waals surface area contributed by atoms with Crippen LogP contribution >= 0.6 is 11.6 Å². The molecule has 1 heterocycles. The van der Waals surface area contributed by atoms with Gasteiger partial charge in [0.15, 0.2) is 0 Å². The maximum Gasteiger partial charge on any atom is 0.239 e. The summed E-state index contributed by atoms with van der Waals surface area (Å²) in [6.07, 6.45) is 0. The van der Waals surface area contributed by atoms with Crippen molar-refractivity contribution >= 4 is 17.5 Å². The fraction of sp³-hybridized carbons (Fsp3) is 0.462. The van der Waals surface area contributed by atoms with Crippen molar-refractivity contribution in [2.24, 2.45) is 5.73 Å². The van der Waals surface area contributed by atoms with E-state index < -0.39 is 6.04 Å². The maximum absolute atomic E-state index is 12.1. The highest BCUT2D eigenvalue weighted by atomic mass is 35.5. The molecule has 1 aliphatic heterocycles. The molecule has 0 saturated carbocycles. The van der Waals surface area contributed by atoms with Crippen LogP contribution in [0.3, 0.4) is 0 Å². The quantitative estimate of drug-likeness (QED) is 0.845. The lowest BCUT2D eigenvalue weighted by Crippen LogP contribution is -2.52. The van der Waals surface area contributed by atoms with Crippen molar-refractivity contribution in [1.29, 1.82) is 0 Å². The molecule has 0 bridgehead atoms. The molecule has 1 amide bonds. The van der Waals surface area contributed by atoms with Crippen molar-refractivity contribution in [3.63, 3.8) is 0 Å².